The molecular weight excluding hydrogens is 106 g/mol. The first-order valence-corrected chi connectivity index (χ1v) is 2.15. The van der Waals surface area contributed by atoms with Crippen molar-refractivity contribution in [1.82, 2.24) is 0 Å². The third-order valence-corrected chi connectivity index (χ3v) is 0.696. The smallest absolute Gasteiger partial charge is 0.0684 e. The number of aliphatic hydroxyl groups excluding tert-OH is 1. The Morgan fingerprint density at radius 3 is 2.50 bits per heavy atom. The van der Waals surface area contributed by atoms with Crippen LogP contribution < -0.4 is 5.11 Å². The number of hydrogen-bond acceptors (Lipinski definition) is 3. The maximum atomic E-state index is 10.3. The van der Waals surface area contributed by atoms with Crippen LogP contribution in [0.1, 0.15) is 0 Å². The van der Waals surface area contributed by atoms with E-state index in [0.29, 0.717) is 0 Å². The minimum Gasteiger partial charge on any atom is -0.859 e. The zero-order chi connectivity index (χ0) is 6.57. The third kappa shape index (κ3) is 1.75. The van der Waals surface area contributed by atoms with Crippen LogP contribution in [-0.4, -0.2) is 24.7 Å². The van der Waals surface area contributed by atoms with Crippen molar-refractivity contribution in [3.63, 3.8) is 0 Å². The molecule has 3 nitrogen and oxygen atoms in total. The quantitative estimate of drug-likeness (QED) is 0.367. The van der Waals surface area contributed by atoms with E-state index in [4.69, 9.17) is 5.11 Å². The highest BCUT2D eigenvalue weighted by Crippen LogP contribution is 1.84. The van der Waals surface area contributed by atoms with E-state index in [9.17, 15) is 5.11 Å². The van der Waals surface area contributed by atoms with Gasteiger partial charge in [0.05, 0.1) is 6.61 Å². The molecule has 0 aliphatic rings. The molecule has 8 heavy (non-hydrogen) atoms. The first-order valence-electron chi connectivity index (χ1n) is 2.15. The van der Waals surface area contributed by atoms with E-state index < -0.39 is 5.90 Å². The molecule has 0 aliphatic carbocycles. The molecule has 0 heterocycles. The summed E-state index contributed by atoms with van der Waals surface area (Å²) in [6.07, 6.45) is 0. The van der Waals surface area contributed by atoms with Crippen molar-refractivity contribution in [3.8, 4) is 0 Å². The van der Waals surface area contributed by atoms with Crippen LogP contribution in [0.4, 0.5) is 0 Å². The molecule has 0 atom stereocenters. The van der Waals surface area contributed by atoms with Gasteiger partial charge in [0, 0.05) is 7.05 Å². The minimum absolute atomic E-state index is 0.132. The summed E-state index contributed by atoms with van der Waals surface area (Å²) in [5.74, 6) is -0.438. The summed E-state index contributed by atoms with van der Waals surface area (Å²) in [7, 11) is 1.36. The van der Waals surface area contributed by atoms with E-state index in [2.05, 4.69) is 11.6 Å². The Balaban J connectivity index is 3.83. The van der Waals surface area contributed by atoms with Crippen LogP contribution in [0.25, 0.3) is 0 Å². The molecule has 0 spiro atoms. The molecule has 3 heteroatoms. The lowest BCUT2D eigenvalue weighted by Gasteiger charge is -2.08. The zero-order valence-corrected chi connectivity index (χ0v) is 4.72. The molecule has 0 fully saturated rings. The van der Waals surface area contributed by atoms with Crippen molar-refractivity contribution in [3.05, 3.63) is 12.2 Å². The highest BCUT2D eigenvalue weighted by atomic mass is 16.3. The Kier molecular flexibility index (Phi) is 2.88. The van der Waals surface area contributed by atoms with Crippen LogP contribution in [0.15, 0.2) is 17.1 Å². The second-order valence-electron chi connectivity index (χ2n) is 1.29. The molecule has 0 aromatic carbocycles. The number of aliphatic hydroxyl groups is 1. The van der Waals surface area contributed by atoms with Crippen molar-refractivity contribution in [2.45, 2.75) is 0 Å². The molecule has 0 rings (SSSR count). The predicted molar refractivity (Wildman–Crippen MR) is 29.6 cm³/mol. The van der Waals surface area contributed by atoms with E-state index in [0.717, 1.165) is 0 Å². The van der Waals surface area contributed by atoms with Gasteiger partial charge in [-0.2, -0.15) is 0 Å². The number of hydrogen-bond donors (Lipinski definition) is 1. The van der Waals surface area contributed by atoms with Gasteiger partial charge in [-0.1, -0.05) is 6.58 Å². The summed E-state index contributed by atoms with van der Waals surface area (Å²) in [6, 6.07) is 0. The van der Waals surface area contributed by atoms with Crippen molar-refractivity contribution in [2.24, 2.45) is 4.99 Å². The molecule has 0 amide bonds. The number of nitrogens with zero attached hydrogens (tertiary/aromatic N) is 1. The molecule has 0 bridgehead atoms. The first kappa shape index (κ1) is 7.17. The van der Waals surface area contributed by atoms with E-state index in [-0.39, 0.29) is 12.2 Å². The van der Waals surface area contributed by atoms with Crippen LogP contribution >= 0.6 is 0 Å². The highest BCUT2D eigenvalue weighted by molar-refractivity contribution is 5.89. The molecule has 0 aliphatic heterocycles. The number of rotatable bonds is 2. The van der Waals surface area contributed by atoms with Crippen molar-refractivity contribution >= 4 is 5.90 Å². The van der Waals surface area contributed by atoms with Gasteiger partial charge in [-0.3, -0.25) is 0 Å². The second kappa shape index (κ2) is 3.21. The van der Waals surface area contributed by atoms with E-state index in [1.54, 1.807) is 0 Å². The lowest BCUT2D eigenvalue weighted by molar-refractivity contribution is -0.213. The molecule has 0 aromatic heterocycles. The van der Waals surface area contributed by atoms with Crippen LogP contribution in [-0.2, 0) is 0 Å². The van der Waals surface area contributed by atoms with Crippen LogP contribution in [0.5, 0.6) is 0 Å². The van der Waals surface area contributed by atoms with Crippen LogP contribution in [0, 0.1) is 0 Å². The fourth-order valence-corrected chi connectivity index (χ4v) is 0.226. The Morgan fingerprint density at radius 1 is 1.88 bits per heavy atom. The van der Waals surface area contributed by atoms with Crippen LogP contribution in [0.2, 0.25) is 0 Å². The predicted octanol–water partition coefficient (Wildman–Crippen LogP) is -1.08. The molecule has 46 valence electrons. The largest absolute Gasteiger partial charge is 0.859 e. The summed E-state index contributed by atoms with van der Waals surface area (Å²) >= 11 is 0. The average molecular weight is 114 g/mol. The lowest BCUT2D eigenvalue weighted by atomic mass is 10.3. The standard InChI is InChI=1S/C5H9NO2/c1-4(3-7)5(8)6-2/h7H,1,3H2,2H3,(H,6,8)/p-1. The molecule has 0 unspecified atom stereocenters. The van der Waals surface area contributed by atoms with Crippen molar-refractivity contribution in [1.29, 1.82) is 0 Å². The van der Waals surface area contributed by atoms with Gasteiger partial charge in [0.2, 0.25) is 0 Å². The minimum atomic E-state index is -0.438. The summed E-state index contributed by atoms with van der Waals surface area (Å²) in [5, 5.41) is 18.6. The maximum absolute atomic E-state index is 10.3. The normalized spacial score (nSPS) is 11.5. The van der Waals surface area contributed by atoms with Crippen molar-refractivity contribution in [2.75, 3.05) is 13.7 Å². The van der Waals surface area contributed by atoms with Gasteiger partial charge in [-0.05, 0) is 11.5 Å². The third-order valence-electron chi connectivity index (χ3n) is 0.696. The summed E-state index contributed by atoms with van der Waals surface area (Å²) < 4.78 is 0. The van der Waals surface area contributed by atoms with E-state index in [1.807, 2.05) is 0 Å². The fraction of sp³-hybridized carbons (Fsp3) is 0.400. The van der Waals surface area contributed by atoms with E-state index >= 15 is 0 Å². The Hall–Kier alpha value is -0.830. The summed E-state index contributed by atoms with van der Waals surface area (Å²) in [6.45, 7) is 2.94. The Labute approximate surface area is 48.0 Å². The topological polar surface area (TPSA) is 55.6 Å². The molecule has 1 N–H and O–H groups in total. The summed E-state index contributed by atoms with van der Waals surface area (Å²) in [4.78, 5) is 3.26. The molecule has 0 radical (unpaired) electrons. The molecule has 0 aromatic rings. The van der Waals surface area contributed by atoms with E-state index in [1.165, 1.54) is 7.05 Å². The Bertz CT molecular complexity index is 118. The van der Waals surface area contributed by atoms with Gasteiger partial charge in [0.1, 0.15) is 0 Å². The van der Waals surface area contributed by atoms with Crippen LogP contribution in [0.3, 0.4) is 0 Å². The van der Waals surface area contributed by atoms with Gasteiger partial charge in [-0.25, -0.2) is 0 Å². The SMILES string of the molecule is C=C(CO)C([O-])=NC. The van der Waals surface area contributed by atoms with Gasteiger partial charge in [-0.15, -0.1) is 0 Å². The zero-order valence-electron chi connectivity index (χ0n) is 4.72. The van der Waals surface area contributed by atoms with Crippen molar-refractivity contribution < 1.29 is 10.2 Å². The number of aliphatic imine (C=N–C) groups is 1. The van der Waals surface area contributed by atoms with Gasteiger partial charge in [0.15, 0.2) is 0 Å². The fourth-order valence-electron chi connectivity index (χ4n) is 0.226. The monoisotopic (exact) mass is 114 g/mol. The molecule has 0 saturated carbocycles. The maximum Gasteiger partial charge on any atom is 0.0684 e. The highest BCUT2D eigenvalue weighted by Gasteiger charge is 1.85. The lowest BCUT2D eigenvalue weighted by Crippen LogP contribution is -2.20. The van der Waals surface area contributed by atoms with Gasteiger partial charge in [0.25, 0.3) is 0 Å². The van der Waals surface area contributed by atoms with Gasteiger partial charge < -0.3 is 15.2 Å². The summed E-state index contributed by atoms with van der Waals surface area (Å²) in [5.41, 5.74) is 0.132. The second-order valence-corrected chi connectivity index (χ2v) is 1.29. The molecule has 0 saturated heterocycles. The first-order chi connectivity index (χ1) is 3.72. The Morgan fingerprint density at radius 2 is 2.38 bits per heavy atom. The molecular formula is C5H8NO2-. The van der Waals surface area contributed by atoms with Gasteiger partial charge >= 0.3 is 0 Å². The average Bonchev–Trinajstić information content (AvgIpc) is 1.84.